The SMILES string of the molecule is CC(C)(c1nnn(Cc2ccc(-n3cccn3)cc2)n1)S(C)(=O)=O. The van der Waals surface area contributed by atoms with Gasteiger partial charge in [-0.2, -0.15) is 9.90 Å². The number of sulfone groups is 1. The average molecular weight is 346 g/mol. The highest BCUT2D eigenvalue weighted by atomic mass is 32.2. The Kier molecular flexibility index (Phi) is 3.96. The van der Waals surface area contributed by atoms with Crippen LogP contribution < -0.4 is 0 Å². The summed E-state index contributed by atoms with van der Waals surface area (Å²) in [6.07, 6.45) is 4.76. The third-order valence-corrected chi connectivity index (χ3v) is 5.98. The molecule has 0 unspecified atom stereocenters. The van der Waals surface area contributed by atoms with Gasteiger partial charge in [0.05, 0.1) is 12.2 Å². The second-order valence-electron chi connectivity index (χ2n) is 6.04. The first-order chi connectivity index (χ1) is 11.3. The minimum absolute atomic E-state index is 0.193. The lowest BCUT2D eigenvalue weighted by atomic mass is 10.2. The first-order valence-electron chi connectivity index (χ1n) is 7.34. The van der Waals surface area contributed by atoms with Crippen LogP contribution in [-0.4, -0.2) is 44.7 Å². The van der Waals surface area contributed by atoms with Crippen LogP contribution in [0.2, 0.25) is 0 Å². The smallest absolute Gasteiger partial charge is 0.195 e. The summed E-state index contributed by atoms with van der Waals surface area (Å²) in [4.78, 5) is 1.39. The van der Waals surface area contributed by atoms with Crippen LogP contribution in [0.15, 0.2) is 42.7 Å². The fraction of sp³-hybridized carbons (Fsp3) is 0.333. The normalized spacial score (nSPS) is 12.5. The van der Waals surface area contributed by atoms with Crippen molar-refractivity contribution in [1.29, 1.82) is 0 Å². The Hall–Kier alpha value is -2.55. The van der Waals surface area contributed by atoms with E-state index in [1.165, 1.54) is 11.1 Å². The minimum atomic E-state index is -3.33. The zero-order chi connectivity index (χ0) is 17.4. The number of rotatable bonds is 5. The summed E-state index contributed by atoms with van der Waals surface area (Å²) in [6, 6.07) is 9.64. The van der Waals surface area contributed by atoms with Crippen molar-refractivity contribution in [3.8, 4) is 5.69 Å². The van der Waals surface area contributed by atoms with E-state index in [9.17, 15) is 8.42 Å². The van der Waals surface area contributed by atoms with Gasteiger partial charge in [-0.05, 0) is 42.8 Å². The molecule has 2 aromatic heterocycles. The topological polar surface area (TPSA) is 95.6 Å². The lowest BCUT2D eigenvalue weighted by Gasteiger charge is -2.17. The van der Waals surface area contributed by atoms with Crippen molar-refractivity contribution >= 4 is 9.84 Å². The van der Waals surface area contributed by atoms with Crippen LogP contribution in [0.3, 0.4) is 0 Å². The molecule has 0 aliphatic carbocycles. The zero-order valence-corrected chi connectivity index (χ0v) is 14.5. The van der Waals surface area contributed by atoms with E-state index >= 15 is 0 Å². The molecular formula is C15H18N6O2S. The molecule has 0 N–H and O–H groups in total. The van der Waals surface area contributed by atoms with Gasteiger partial charge in [-0.15, -0.1) is 10.2 Å². The molecule has 0 aliphatic rings. The van der Waals surface area contributed by atoms with Gasteiger partial charge in [0.15, 0.2) is 15.7 Å². The molecule has 8 nitrogen and oxygen atoms in total. The Balaban J connectivity index is 1.78. The maximum Gasteiger partial charge on any atom is 0.195 e. The van der Waals surface area contributed by atoms with Crippen molar-refractivity contribution in [1.82, 2.24) is 30.0 Å². The Morgan fingerprint density at radius 2 is 1.88 bits per heavy atom. The summed E-state index contributed by atoms with van der Waals surface area (Å²) in [5.41, 5.74) is 1.93. The summed E-state index contributed by atoms with van der Waals surface area (Å²) in [7, 11) is -3.33. The van der Waals surface area contributed by atoms with E-state index in [1.54, 1.807) is 24.7 Å². The van der Waals surface area contributed by atoms with Gasteiger partial charge in [0.25, 0.3) is 0 Å². The van der Waals surface area contributed by atoms with Crippen molar-refractivity contribution in [2.75, 3.05) is 6.26 Å². The Morgan fingerprint density at radius 3 is 2.46 bits per heavy atom. The van der Waals surface area contributed by atoms with E-state index in [4.69, 9.17) is 0 Å². The Morgan fingerprint density at radius 1 is 1.17 bits per heavy atom. The van der Waals surface area contributed by atoms with E-state index < -0.39 is 14.6 Å². The van der Waals surface area contributed by atoms with Crippen molar-refractivity contribution in [3.63, 3.8) is 0 Å². The Bertz CT molecular complexity index is 927. The van der Waals surface area contributed by atoms with Crippen LogP contribution in [0.25, 0.3) is 5.69 Å². The number of aromatic nitrogens is 6. The molecule has 0 aliphatic heterocycles. The number of benzene rings is 1. The second-order valence-corrected chi connectivity index (χ2v) is 8.61. The van der Waals surface area contributed by atoms with Crippen molar-refractivity contribution in [2.45, 2.75) is 25.1 Å². The molecule has 3 rings (SSSR count). The van der Waals surface area contributed by atoms with Crippen LogP contribution in [0.4, 0.5) is 0 Å². The molecule has 0 saturated carbocycles. The van der Waals surface area contributed by atoms with Gasteiger partial charge < -0.3 is 0 Å². The number of tetrazole rings is 1. The maximum absolute atomic E-state index is 11.8. The lowest BCUT2D eigenvalue weighted by Crippen LogP contribution is -2.29. The van der Waals surface area contributed by atoms with E-state index in [-0.39, 0.29) is 5.82 Å². The van der Waals surface area contributed by atoms with E-state index in [0.29, 0.717) is 6.54 Å². The number of hydrogen-bond acceptors (Lipinski definition) is 6. The quantitative estimate of drug-likeness (QED) is 0.688. The largest absolute Gasteiger partial charge is 0.241 e. The van der Waals surface area contributed by atoms with Crippen molar-refractivity contribution < 1.29 is 8.42 Å². The van der Waals surface area contributed by atoms with Crippen molar-refractivity contribution in [2.24, 2.45) is 0 Å². The first-order valence-corrected chi connectivity index (χ1v) is 9.23. The highest BCUT2D eigenvalue weighted by Crippen LogP contribution is 2.25. The van der Waals surface area contributed by atoms with Crippen LogP contribution in [0.5, 0.6) is 0 Å². The fourth-order valence-corrected chi connectivity index (χ4v) is 2.47. The van der Waals surface area contributed by atoms with E-state index in [2.05, 4.69) is 20.5 Å². The monoisotopic (exact) mass is 346 g/mol. The van der Waals surface area contributed by atoms with Gasteiger partial charge in [0, 0.05) is 18.6 Å². The van der Waals surface area contributed by atoms with Crippen molar-refractivity contribution in [3.05, 3.63) is 54.1 Å². The number of nitrogens with zero attached hydrogens (tertiary/aromatic N) is 6. The molecule has 0 bridgehead atoms. The average Bonchev–Trinajstić information content (AvgIpc) is 3.18. The molecular weight excluding hydrogens is 328 g/mol. The third kappa shape index (κ3) is 3.07. The third-order valence-electron chi connectivity index (χ3n) is 3.95. The molecule has 0 fully saturated rings. The summed E-state index contributed by atoms with van der Waals surface area (Å²) in [5.74, 6) is 0.193. The molecule has 24 heavy (non-hydrogen) atoms. The minimum Gasteiger partial charge on any atom is -0.241 e. The van der Waals surface area contributed by atoms with E-state index in [0.717, 1.165) is 11.3 Å². The molecule has 0 radical (unpaired) electrons. The predicted molar refractivity (Wildman–Crippen MR) is 88.4 cm³/mol. The van der Waals surface area contributed by atoms with Crippen LogP contribution in [0.1, 0.15) is 25.2 Å². The standard InChI is InChI=1S/C15H18N6O2S/c1-15(2,24(3,22)23)14-17-19-21(18-14)11-12-5-7-13(8-6-12)20-10-4-9-16-20/h4-10H,11H2,1-3H3. The summed E-state index contributed by atoms with van der Waals surface area (Å²) in [6.45, 7) is 3.55. The highest BCUT2D eigenvalue weighted by Gasteiger charge is 2.37. The molecule has 0 saturated heterocycles. The van der Waals surface area contributed by atoms with E-state index in [1.807, 2.05) is 36.5 Å². The fourth-order valence-electron chi connectivity index (χ4n) is 2.06. The predicted octanol–water partition coefficient (Wildman–Crippen LogP) is 1.19. The summed E-state index contributed by atoms with van der Waals surface area (Å²) < 4.78 is 24.3. The first kappa shape index (κ1) is 16.3. The molecule has 126 valence electrons. The van der Waals surface area contributed by atoms with Gasteiger partial charge in [-0.3, -0.25) is 0 Å². The lowest BCUT2D eigenvalue weighted by molar-refractivity contribution is 0.541. The van der Waals surface area contributed by atoms with Crippen LogP contribution in [0, 0.1) is 0 Å². The zero-order valence-electron chi connectivity index (χ0n) is 13.7. The van der Waals surface area contributed by atoms with Crippen LogP contribution in [-0.2, 0) is 21.1 Å². The van der Waals surface area contributed by atoms with Gasteiger partial charge in [-0.25, -0.2) is 13.1 Å². The second kappa shape index (κ2) is 5.82. The molecule has 3 aromatic rings. The van der Waals surface area contributed by atoms with Gasteiger partial charge in [-0.1, -0.05) is 12.1 Å². The van der Waals surface area contributed by atoms with Gasteiger partial charge >= 0.3 is 0 Å². The summed E-state index contributed by atoms with van der Waals surface area (Å²) in [5, 5.41) is 16.2. The molecule has 0 atom stereocenters. The summed E-state index contributed by atoms with van der Waals surface area (Å²) >= 11 is 0. The molecule has 0 amide bonds. The van der Waals surface area contributed by atoms with Gasteiger partial charge in [0.2, 0.25) is 0 Å². The van der Waals surface area contributed by atoms with Crippen LogP contribution >= 0.6 is 0 Å². The maximum atomic E-state index is 11.8. The molecule has 9 heteroatoms. The number of hydrogen-bond donors (Lipinski definition) is 0. The Labute approximate surface area is 140 Å². The van der Waals surface area contributed by atoms with Gasteiger partial charge in [0.1, 0.15) is 4.75 Å². The molecule has 1 aromatic carbocycles. The molecule has 2 heterocycles. The molecule has 0 spiro atoms. The highest BCUT2D eigenvalue weighted by molar-refractivity contribution is 7.91.